The van der Waals surface area contributed by atoms with E-state index >= 15 is 0 Å². The van der Waals surface area contributed by atoms with Crippen molar-refractivity contribution in [3.8, 4) is 0 Å². The minimum Gasteiger partial charge on any atom is -0.299 e. The number of carbonyl (C=O) groups excluding carboxylic acids is 1. The summed E-state index contributed by atoms with van der Waals surface area (Å²) in [7, 11) is -3.71. The van der Waals surface area contributed by atoms with Crippen molar-refractivity contribution in [3.63, 3.8) is 0 Å². The Labute approximate surface area is 281 Å². The van der Waals surface area contributed by atoms with Gasteiger partial charge in [0.05, 0.1) is 16.8 Å². The van der Waals surface area contributed by atoms with E-state index in [2.05, 4.69) is 50.9 Å². The van der Waals surface area contributed by atoms with Crippen LogP contribution in [0.1, 0.15) is 78.4 Å². The molecule has 2 aromatic heterocycles. The molecule has 0 radical (unpaired) electrons. The maximum absolute atomic E-state index is 14.1. The number of nitrogens with zero attached hydrogens (tertiary/aromatic N) is 6. The second-order valence-electron chi connectivity index (χ2n) is 13.2. The van der Waals surface area contributed by atoms with Crippen molar-refractivity contribution in [1.29, 1.82) is 0 Å². The minimum atomic E-state index is -3.71. The molecule has 0 spiro atoms. The molecule has 0 N–H and O–H groups in total. The van der Waals surface area contributed by atoms with Crippen LogP contribution in [0.4, 0.5) is 0 Å². The second kappa shape index (κ2) is 13.0. The van der Waals surface area contributed by atoms with Crippen LogP contribution < -0.4 is 0 Å². The first kappa shape index (κ1) is 33.1. The fourth-order valence-electron chi connectivity index (χ4n) is 6.99. The Kier molecular flexibility index (Phi) is 9.17. The highest BCUT2D eigenvalue weighted by molar-refractivity contribution is 7.89. The lowest BCUT2D eigenvalue weighted by atomic mass is 9.67. The van der Waals surface area contributed by atoms with Gasteiger partial charge in [0.2, 0.25) is 10.0 Å². The molecule has 0 aliphatic carbocycles. The van der Waals surface area contributed by atoms with Crippen LogP contribution in [0, 0.1) is 25.2 Å². The number of rotatable bonds is 10. The summed E-state index contributed by atoms with van der Waals surface area (Å²) >= 11 is 1.24. The normalized spacial score (nSPS) is 17.4. The second-order valence-corrected chi connectivity index (χ2v) is 16.0. The zero-order valence-corrected chi connectivity index (χ0v) is 29.5. The van der Waals surface area contributed by atoms with Crippen molar-refractivity contribution in [2.75, 3.05) is 6.54 Å². The number of aryl methyl sites for hydroxylation is 3. The predicted molar refractivity (Wildman–Crippen MR) is 185 cm³/mol. The molecule has 0 fully saturated rings. The molecule has 6 rings (SSSR count). The fraction of sp³-hybridized carbons (Fsp3) is 0.417. The van der Waals surface area contributed by atoms with Crippen molar-refractivity contribution in [2.24, 2.45) is 11.3 Å². The fourth-order valence-corrected chi connectivity index (χ4v) is 9.23. The molecule has 2 atom stereocenters. The zero-order valence-electron chi connectivity index (χ0n) is 27.9. The Bertz CT molecular complexity index is 2030. The number of Topliss-reactive ketones (excluding diaryl/α,β-unsaturated/α-hetero) is 1. The topological polar surface area (TPSA) is 111 Å². The number of hydrogen-bond donors (Lipinski definition) is 0. The largest absolute Gasteiger partial charge is 0.299 e. The van der Waals surface area contributed by atoms with Crippen LogP contribution in [0.5, 0.6) is 0 Å². The summed E-state index contributed by atoms with van der Waals surface area (Å²) in [6, 6.07) is 17.8. The summed E-state index contributed by atoms with van der Waals surface area (Å²) < 4.78 is 35.8. The van der Waals surface area contributed by atoms with Gasteiger partial charge in [0.1, 0.15) is 22.6 Å². The van der Waals surface area contributed by atoms with Gasteiger partial charge in [0.15, 0.2) is 0 Å². The molecule has 246 valence electrons. The number of aromatic nitrogens is 5. The van der Waals surface area contributed by atoms with Gasteiger partial charge in [0.25, 0.3) is 0 Å². The lowest BCUT2D eigenvalue weighted by Crippen LogP contribution is -2.35. The van der Waals surface area contributed by atoms with E-state index in [0.29, 0.717) is 23.0 Å². The maximum Gasteiger partial charge on any atom is 0.243 e. The van der Waals surface area contributed by atoms with Gasteiger partial charge in [0, 0.05) is 31.0 Å². The van der Waals surface area contributed by atoms with Gasteiger partial charge in [-0.1, -0.05) is 74.9 Å². The molecule has 0 unspecified atom stereocenters. The third-order valence-corrected chi connectivity index (χ3v) is 12.5. The van der Waals surface area contributed by atoms with E-state index < -0.39 is 15.4 Å². The Morgan fingerprint density at radius 1 is 1.09 bits per heavy atom. The predicted octanol–water partition coefficient (Wildman–Crippen LogP) is 6.66. The third-order valence-electron chi connectivity index (χ3n) is 9.94. The van der Waals surface area contributed by atoms with E-state index in [0.717, 1.165) is 57.3 Å². The van der Waals surface area contributed by atoms with E-state index in [9.17, 15) is 13.2 Å². The highest BCUT2D eigenvalue weighted by Crippen LogP contribution is 2.45. The first-order valence-corrected chi connectivity index (χ1v) is 18.5. The number of carbonyl (C=O) groups is 1. The standard InChI is InChI=1S/C36H42N6O3S2/c1-7-25-17-26-11-9-10-12-31(26)47(44,45)41(20-25)21-28-18-27(14-13-23(28)3)34(36(5,6)32(43)19-33-37-22-38-46-33)29-15-16-30-35(24(29)4)39-40-42(30)8-2/h9-16,18,22,25,34H,7-8,17,19-21H2,1-6H3/t25-,34-/m0/s1. The van der Waals surface area contributed by atoms with E-state index in [1.165, 1.54) is 17.9 Å². The van der Waals surface area contributed by atoms with Crippen molar-refractivity contribution in [1.82, 2.24) is 28.7 Å². The molecule has 47 heavy (non-hydrogen) atoms. The molecule has 0 saturated carbocycles. The lowest BCUT2D eigenvalue weighted by Gasteiger charge is -2.35. The van der Waals surface area contributed by atoms with Gasteiger partial charge in [-0.25, -0.2) is 18.1 Å². The summed E-state index contributed by atoms with van der Waals surface area (Å²) in [4.78, 5) is 18.8. The van der Waals surface area contributed by atoms with Crippen LogP contribution in [0.15, 0.2) is 65.8 Å². The molecular formula is C36H42N6O3S2. The first-order valence-electron chi connectivity index (χ1n) is 16.2. The molecule has 3 heterocycles. The molecule has 9 nitrogen and oxygen atoms in total. The lowest BCUT2D eigenvalue weighted by molar-refractivity contribution is -0.127. The SMILES string of the molecule is CC[C@H]1Cc2ccccc2S(=O)(=O)N(Cc2cc([C@@H](c3ccc4c(nnn4CC)c3C)C(C)(C)C(=O)Cc3ncns3)ccc2C)C1. The molecule has 1 aliphatic heterocycles. The van der Waals surface area contributed by atoms with Crippen LogP contribution in [-0.2, 0) is 40.7 Å². The van der Waals surface area contributed by atoms with Gasteiger partial charge >= 0.3 is 0 Å². The number of benzene rings is 3. The highest BCUT2D eigenvalue weighted by Gasteiger charge is 2.40. The molecule has 0 bridgehead atoms. The van der Waals surface area contributed by atoms with Crippen molar-refractivity contribution in [2.45, 2.75) is 84.7 Å². The van der Waals surface area contributed by atoms with Crippen LogP contribution in [-0.4, -0.2) is 49.4 Å². The van der Waals surface area contributed by atoms with Crippen molar-refractivity contribution < 1.29 is 13.2 Å². The Morgan fingerprint density at radius 2 is 1.87 bits per heavy atom. The van der Waals surface area contributed by atoms with E-state index in [1.807, 2.05) is 57.5 Å². The number of hydrogen-bond acceptors (Lipinski definition) is 8. The molecule has 3 aromatic carbocycles. The maximum atomic E-state index is 14.1. The van der Waals surface area contributed by atoms with Gasteiger partial charge in [-0.15, -0.1) is 5.10 Å². The Morgan fingerprint density at radius 3 is 2.60 bits per heavy atom. The van der Waals surface area contributed by atoms with Crippen LogP contribution in [0.3, 0.4) is 0 Å². The minimum absolute atomic E-state index is 0.0515. The number of ketones is 1. The Balaban J connectivity index is 1.46. The molecule has 1 aliphatic rings. The summed E-state index contributed by atoms with van der Waals surface area (Å²) in [5.41, 5.74) is 6.65. The van der Waals surface area contributed by atoms with Crippen LogP contribution in [0.25, 0.3) is 11.0 Å². The quantitative estimate of drug-likeness (QED) is 0.163. The zero-order chi connectivity index (χ0) is 33.5. The summed E-state index contributed by atoms with van der Waals surface area (Å²) in [5.74, 6) is -0.0774. The van der Waals surface area contributed by atoms with Crippen molar-refractivity contribution >= 4 is 38.4 Å². The monoisotopic (exact) mass is 670 g/mol. The first-order chi connectivity index (χ1) is 22.4. The smallest absolute Gasteiger partial charge is 0.243 e. The van der Waals surface area contributed by atoms with E-state index in [1.54, 1.807) is 16.4 Å². The molecule has 0 saturated heterocycles. The van der Waals surface area contributed by atoms with Crippen molar-refractivity contribution in [3.05, 3.63) is 99.3 Å². The number of sulfonamides is 1. The summed E-state index contributed by atoms with van der Waals surface area (Å²) in [5, 5.41) is 9.56. The van der Waals surface area contributed by atoms with Gasteiger partial charge in [-0.3, -0.25) is 4.79 Å². The van der Waals surface area contributed by atoms with Crippen LogP contribution in [0.2, 0.25) is 0 Å². The molecule has 5 aromatic rings. The number of fused-ring (bicyclic) bond motifs is 2. The Hall–Kier alpha value is -3.80. The average molecular weight is 671 g/mol. The molecule has 0 amide bonds. The summed E-state index contributed by atoms with van der Waals surface area (Å²) in [6.07, 6.45) is 3.29. The molecule has 11 heteroatoms. The van der Waals surface area contributed by atoms with Gasteiger partial charge < -0.3 is 0 Å². The third kappa shape index (κ3) is 6.16. The van der Waals surface area contributed by atoms with Crippen LogP contribution >= 0.6 is 11.5 Å². The average Bonchev–Trinajstić information content (AvgIpc) is 3.71. The highest BCUT2D eigenvalue weighted by atomic mass is 32.2. The van der Waals surface area contributed by atoms with E-state index in [4.69, 9.17) is 0 Å². The van der Waals surface area contributed by atoms with Gasteiger partial charge in [-0.2, -0.15) is 8.68 Å². The van der Waals surface area contributed by atoms with E-state index in [-0.39, 0.29) is 30.6 Å². The summed E-state index contributed by atoms with van der Waals surface area (Å²) in [6.45, 7) is 13.6. The van der Waals surface area contributed by atoms with Gasteiger partial charge in [-0.05, 0) is 90.2 Å². The molecular weight excluding hydrogens is 629 g/mol.